The second-order valence-electron chi connectivity index (χ2n) is 4.99. The number of carbonyl (C=O) groups excluding carboxylic acids is 1. The first-order chi connectivity index (χ1) is 10.6. The fraction of sp³-hybridized carbons (Fsp3) is 0.357. The van der Waals surface area contributed by atoms with Crippen molar-refractivity contribution in [3.63, 3.8) is 0 Å². The maximum atomic E-state index is 11.7. The number of hydrogen-bond acceptors (Lipinski definition) is 7. The van der Waals surface area contributed by atoms with Crippen molar-refractivity contribution in [1.29, 1.82) is 0 Å². The largest absolute Gasteiger partial charge is 1.00 e. The Morgan fingerprint density at radius 3 is 2.48 bits per heavy atom. The van der Waals surface area contributed by atoms with Crippen LogP contribution in [0.15, 0.2) is 28.9 Å². The van der Waals surface area contributed by atoms with Gasteiger partial charge < -0.3 is 33.7 Å². The summed E-state index contributed by atoms with van der Waals surface area (Å²) in [6, 6.07) is 8.28. The average Bonchev–Trinajstić information content (AvgIpc) is 2.93. The molecule has 0 saturated carbocycles. The minimum Gasteiger partial charge on any atom is -1.00 e. The molecule has 1 aromatic heterocycles. The summed E-state index contributed by atoms with van der Waals surface area (Å²) in [6.07, 6.45) is 0. The van der Waals surface area contributed by atoms with Crippen molar-refractivity contribution in [3.8, 4) is 0 Å². The quantitative estimate of drug-likeness (QED) is 0.469. The minimum absolute atomic E-state index is 0. The number of nitrogens with zero attached hydrogens (tertiary/aromatic N) is 3. The zero-order chi connectivity index (χ0) is 15.9. The van der Waals surface area contributed by atoms with Crippen LogP contribution in [0, 0.1) is 0 Å². The highest BCUT2D eigenvalue weighted by atomic mass is 35.5. The lowest BCUT2D eigenvalue weighted by atomic mass is 10.2. The number of anilines is 2. The molecule has 0 atom stereocenters. The number of nitrogen functional groups attached to an aromatic ring is 1. The molecule has 23 heavy (non-hydrogen) atoms. The second-order valence-corrected chi connectivity index (χ2v) is 4.99. The summed E-state index contributed by atoms with van der Waals surface area (Å²) >= 11 is 0. The molecule has 9 heteroatoms. The van der Waals surface area contributed by atoms with E-state index in [1.54, 1.807) is 0 Å². The fourth-order valence-corrected chi connectivity index (χ4v) is 1.85. The Hall–Kier alpha value is -2.32. The molecule has 0 aliphatic heterocycles. The topological polar surface area (TPSA) is 109 Å². The molecule has 2 rings (SSSR count). The Labute approximate surface area is 140 Å². The highest BCUT2D eigenvalue weighted by Gasteiger charge is 2.14. The van der Waals surface area contributed by atoms with Gasteiger partial charge in [0.2, 0.25) is 11.5 Å². The number of carbonyl (C=O) groups is 1. The molecule has 0 unspecified atom stereocenters. The molecule has 2 aromatic rings. The van der Waals surface area contributed by atoms with Crippen molar-refractivity contribution in [2.45, 2.75) is 6.54 Å². The maximum Gasteiger partial charge on any atom is 0.277 e. The zero-order valence-electron chi connectivity index (χ0n) is 13.0. The first-order valence-electron chi connectivity index (χ1n) is 6.91. The highest BCUT2D eigenvalue weighted by Crippen LogP contribution is 2.11. The smallest absolute Gasteiger partial charge is 0.277 e. The van der Waals surface area contributed by atoms with E-state index < -0.39 is 5.91 Å². The first kappa shape index (κ1) is 18.7. The van der Waals surface area contributed by atoms with Crippen LogP contribution in [0.5, 0.6) is 0 Å². The summed E-state index contributed by atoms with van der Waals surface area (Å²) < 4.78 is 4.37. The predicted octanol–water partition coefficient (Wildman–Crippen LogP) is -2.76. The summed E-state index contributed by atoms with van der Waals surface area (Å²) in [7, 11) is 4.01. The number of hydrogen-bond donors (Lipinski definition) is 3. The fourth-order valence-electron chi connectivity index (χ4n) is 1.85. The van der Waals surface area contributed by atoms with Crippen LogP contribution in [0.3, 0.4) is 0 Å². The van der Waals surface area contributed by atoms with E-state index in [1.165, 1.54) is 5.56 Å². The number of rotatable bonds is 7. The number of amides is 1. The zero-order valence-corrected chi connectivity index (χ0v) is 13.8. The number of halogens is 1. The van der Waals surface area contributed by atoms with Crippen molar-refractivity contribution in [2.75, 3.05) is 37.8 Å². The molecule has 0 fully saturated rings. The van der Waals surface area contributed by atoms with Crippen LogP contribution in [0.1, 0.15) is 16.1 Å². The maximum absolute atomic E-state index is 11.7. The Morgan fingerprint density at radius 1 is 1.22 bits per heavy atom. The molecule has 126 valence electrons. The first-order valence-corrected chi connectivity index (χ1v) is 6.91. The minimum atomic E-state index is -0.393. The number of benzene rings is 1. The van der Waals surface area contributed by atoms with Gasteiger partial charge in [-0.3, -0.25) is 4.79 Å². The van der Waals surface area contributed by atoms with Gasteiger partial charge in [-0.2, -0.15) is 0 Å². The number of nitrogens with two attached hydrogens (primary N) is 1. The van der Waals surface area contributed by atoms with E-state index in [0.29, 0.717) is 13.1 Å². The molecular weight excluding hydrogens is 320 g/mol. The molecular formula is C14H20ClN6O2-. The van der Waals surface area contributed by atoms with Gasteiger partial charge in [0.05, 0.1) is 0 Å². The molecule has 4 N–H and O–H groups in total. The van der Waals surface area contributed by atoms with Crippen LogP contribution >= 0.6 is 0 Å². The molecule has 1 aromatic carbocycles. The highest BCUT2D eigenvalue weighted by molar-refractivity contribution is 5.95. The van der Waals surface area contributed by atoms with Crippen LogP contribution in [0.2, 0.25) is 0 Å². The monoisotopic (exact) mass is 339 g/mol. The summed E-state index contributed by atoms with van der Waals surface area (Å²) in [4.78, 5) is 13.7. The molecule has 1 amide bonds. The van der Waals surface area contributed by atoms with Crippen molar-refractivity contribution < 1.29 is 21.8 Å². The van der Waals surface area contributed by atoms with E-state index in [-0.39, 0.29) is 23.9 Å². The Kier molecular flexibility index (Phi) is 7.30. The molecule has 0 spiro atoms. The Morgan fingerprint density at radius 2 is 1.91 bits per heavy atom. The van der Waals surface area contributed by atoms with Crippen LogP contribution in [-0.2, 0) is 6.54 Å². The van der Waals surface area contributed by atoms with Crippen molar-refractivity contribution in [3.05, 3.63) is 35.5 Å². The van der Waals surface area contributed by atoms with Gasteiger partial charge in [0.25, 0.3) is 5.91 Å². The molecule has 0 bridgehead atoms. The molecule has 0 saturated heterocycles. The van der Waals surface area contributed by atoms with E-state index in [4.69, 9.17) is 5.73 Å². The van der Waals surface area contributed by atoms with Gasteiger partial charge in [0.1, 0.15) is 0 Å². The van der Waals surface area contributed by atoms with Gasteiger partial charge in [-0.15, -0.1) is 0 Å². The van der Waals surface area contributed by atoms with Gasteiger partial charge in [-0.25, -0.2) is 4.63 Å². The van der Waals surface area contributed by atoms with Crippen LogP contribution in [0.4, 0.5) is 11.5 Å². The predicted molar refractivity (Wildman–Crippen MR) is 83.5 cm³/mol. The van der Waals surface area contributed by atoms with E-state index in [0.717, 1.165) is 12.2 Å². The van der Waals surface area contributed by atoms with Gasteiger partial charge in [0, 0.05) is 39.4 Å². The summed E-state index contributed by atoms with van der Waals surface area (Å²) in [5, 5.41) is 12.7. The molecule has 8 nitrogen and oxygen atoms in total. The van der Waals surface area contributed by atoms with Crippen molar-refractivity contribution in [2.24, 2.45) is 0 Å². The summed E-state index contributed by atoms with van der Waals surface area (Å²) in [6.45, 7) is 1.82. The van der Waals surface area contributed by atoms with Crippen molar-refractivity contribution >= 4 is 17.4 Å². The molecule has 0 aliphatic rings. The lowest BCUT2D eigenvalue weighted by Crippen LogP contribution is -3.00. The molecule has 0 radical (unpaired) electrons. The van der Waals surface area contributed by atoms with E-state index in [2.05, 4.69) is 54.7 Å². The number of aromatic nitrogens is 2. The SMILES string of the molecule is CN(C)c1ccc(CNCCNC(=O)c2nonc2N)cc1.[Cl-]. The van der Waals surface area contributed by atoms with Crippen LogP contribution < -0.4 is 33.7 Å². The van der Waals surface area contributed by atoms with Crippen LogP contribution in [0.25, 0.3) is 0 Å². The lowest BCUT2D eigenvalue weighted by Gasteiger charge is -2.13. The van der Waals surface area contributed by atoms with E-state index in [9.17, 15) is 4.79 Å². The Bertz CT molecular complexity index is 614. The third-order valence-electron chi connectivity index (χ3n) is 3.10. The second kappa shape index (κ2) is 8.96. The summed E-state index contributed by atoms with van der Waals surface area (Å²) in [5.41, 5.74) is 7.79. The third kappa shape index (κ3) is 5.42. The summed E-state index contributed by atoms with van der Waals surface area (Å²) in [5.74, 6) is -0.401. The van der Waals surface area contributed by atoms with Gasteiger partial charge in [0.15, 0.2) is 0 Å². The third-order valence-corrected chi connectivity index (χ3v) is 3.10. The van der Waals surface area contributed by atoms with Crippen LogP contribution in [-0.4, -0.2) is 43.4 Å². The average molecular weight is 340 g/mol. The molecule has 1 heterocycles. The van der Waals surface area contributed by atoms with Gasteiger partial charge >= 0.3 is 0 Å². The normalized spacial score (nSPS) is 10.0. The van der Waals surface area contributed by atoms with E-state index in [1.807, 2.05) is 14.1 Å². The van der Waals surface area contributed by atoms with Gasteiger partial charge in [-0.1, -0.05) is 12.1 Å². The lowest BCUT2D eigenvalue weighted by molar-refractivity contribution is -0.0000135. The van der Waals surface area contributed by atoms with Gasteiger partial charge in [-0.05, 0) is 28.0 Å². The molecule has 0 aliphatic carbocycles. The standard InChI is InChI=1S/C14H20N6O2.ClH/c1-20(2)11-5-3-10(4-6-11)9-16-7-8-17-14(21)12-13(15)19-22-18-12;/h3-6,16H,7-9H2,1-2H3,(H2,15,19)(H,17,21);1H/p-1. The Balaban J connectivity index is 0.00000264. The number of nitrogens with one attached hydrogen (secondary N) is 2. The van der Waals surface area contributed by atoms with E-state index >= 15 is 0 Å². The van der Waals surface area contributed by atoms with Crippen molar-refractivity contribution in [1.82, 2.24) is 20.9 Å².